The van der Waals surface area contributed by atoms with Crippen LogP contribution in [0.4, 0.5) is 0 Å². The first-order chi connectivity index (χ1) is 8.72. The number of nitrogens with two attached hydrogens (primary N) is 1. The molecule has 4 nitrogen and oxygen atoms in total. The third-order valence-electron chi connectivity index (χ3n) is 3.00. The topological polar surface area (TPSA) is 67.7 Å². The van der Waals surface area contributed by atoms with Crippen molar-refractivity contribution in [1.82, 2.24) is 9.55 Å². The van der Waals surface area contributed by atoms with Gasteiger partial charge in [-0.15, -0.1) is 0 Å². The molecule has 1 unspecified atom stereocenters. The van der Waals surface area contributed by atoms with E-state index in [9.17, 15) is 0 Å². The summed E-state index contributed by atoms with van der Waals surface area (Å²) in [7, 11) is 0. The number of nitrogens with one attached hydrogen (secondary N) is 1. The standard InChI is InChI=1S/C14H18N4/c1-2-14-17-8-9-18(14)12(10-13(15)16)11-6-4-3-5-7-11/h3-9,12H,2,10H2,1H3,(H3,15,16). The number of aromatic nitrogens is 2. The molecule has 18 heavy (non-hydrogen) atoms. The zero-order valence-electron chi connectivity index (χ0n) is 10.5. The molecule has 0 aliphatic rings. The summed E-state index contributed by atoms with van der Waals surface area (Å²) in [5.41, 5.74) is 6.73. The van der Waals surface area contributed by atoms with Crippen LogP contribution in [0.5, 0.6) is 0 Å². The van der Waals surface area contributed by atoms with E-state index in [4.69, 9.17) is 11.1 Å². The van der Waals surface area contributed by atoms with Crippen molar-refractivity contribution in [2.24, 2.45) is 5.73 Å². The zero-order valence-corrected chi connectivity index (χ0v) is 10.5. The lowest BCUT2D eigenvalue weighted by Gasteiger charge is -2.20. The molecule has 0 aliphatic carbocycles. The lowest BCUT2D eigenvalue weighted by atomic mass is 10.0. The summed E-state index contributed by atoms with van der Waals surface area (Å²) in [5, 5.41) is 7.55. The quantitative estimate of drug-likeness (QED) is 0.624. The second kappa shape index (κ2) is 5.49. The first kappa shape index (κ1) is 12.4. The van der Waals surface area contributed by atoms with Gasteiger partial charge in [-0.05, 0) is 5.56 Å². The normalized spacial score (nSPS) is 12.3. The van der Waals surface area contributed by atoms with Crippen LogP contribution in [0.3, 0.4) is 0 Å². The Morgan fingerprint density at radius 3 is 2.72 bits per heavy atom. The molecule has 1 heterocycles. The van der Waals surface area contributed by atoms with Gasteiger partial charge in [0.05, 0.1) is 11.9 Å². The number of aryl methyl sites for hydroxylation is 1. The van der Waals surface area contributed by atoms with Gasteiger partial charge in [-0.25, -0.2) is 4.98 Å². The van der Waals surface area contributed by atoms with Gasteiger partial charge >= 0.3 is 0 Å². The summed E-state index contributed by atoms with van der Waals surface area (Å²) in [4.78, 5) is 4.34. The van der Waals surface area contributed by atoms with Crippen LogP contribution in [0.2, 0.25) is 0 Å². The van der Waals surface area contributed by atoms with Crippen molar-refractivity contribution in [2.45, 2.75) is 25.8 Å². The van der Waals surface area contributed by atoms with Crippen LogP contribution in [0.1, 0.15) is 30.8 Å². The van der Waals surface area contributed by atoms with Gasteiger partial charge in [0.25, 0.3) is 0 Å². The molecular formula is C14H18N4. The van der Waals surface area contributed by atoms with Crippen LogP contribution >= 0.6 is 0 Å². The number of amidine groups is 1. The molecule has 0 aliphatic heterocycles. The van der Waals surface area contributed by atoms with Gasteiger partial charge < -0.3 is 10.3 Å². The molecule has 0 fully saturated rings. The number of hydrogen-bond donors (Lipinski definition) is 2. The number of hydrogen-bond acceptors (Lipinski definition) is 2. The van der Waals surface area contributed by atoms with Gasteiger partial charge in [-0.1, -0.05) is 37.3 Å². The molecule has 2 rings (SSSR count). The minimum absolute atomic E-state index is 0.0566. The van der Waals surface area contributed by atoms with Crippen LogP contribution in [-0.4, -0.2) is 15.4 Å². The molecule has 1 atom stereocenters. The maximum Gasteiger partial charge on any atom is 0.108 e. The highest BCUT2D eigenvalue weighted by Crippen LogP contribution is 2.23. The number of benzene rings is 1. The van der Waals surface area contributed by atoms with E-state index in [-0.39, 0.29) is 11.9 Å². The second-order valence-electron chi connectivity index (χ2n) is 4.26. The summed E-state index contributed by atoms with van der Waals surface area (Å²) in [6.45, 7) is 2.08. The maximum atomic E-state index is 7.55. The lowest BCUT2D eigenvalue weighted by molar-refractivity contribution is 0.574. The predicted octanol–water partition coefficient (Wildman–Crippen LogP) is 2.36. The molecule has 94 valence electrons. The third kappa shape index (κ3) is 2.59. The molecule has 3 N–H and O–H groups in total. The van der Waals surface area contributed by atoms with Crippen molar-refractivity contribution in [3.63, 3.8) is 0 Å². The molecule has 4 heteroatoms. The number of rotatable bonds is 5. The highest BCUT2D eigenvalue weighted by Gasteiger charge is 2.16. The zero-order chi connectivity index (χ0) is 13.0. The minimum Gasteiger partial charge on any atom is -0.388 e. The van der Waals surface area contributed by atoms with E-state index in [0.717, 1.165) is 17.8 Å². The number of imidazole rings is 1. The molecule has 0 saturated carbocycles. The van der Waals surface area contributed by atoms with E-state index in [2.05, 4.69) is 28.6 Å². The molecule has 0 spiro atoms. The van der Waals surface area contributed by atoms with Gasteiger partial charge in [-0.3, -0.25) is 5.41 Å². The van der Waals surface area contributed by atoms with Crippen molar-refractivity contribution in [2.75, 3.05) is 0 Å². The lowest BCUT2D eigenvalue weighted by Crippen LogP contribution is -2.20. The minimum atomic E-state index is 0.0566. The molecular weight excluding hydrogens is 224 g/mol. The van der Waals surface area contributed by atoms with Crippen LogP contribution in [0.25, 0.3) is 0 Å². The monoisotopic (exact) mass is 242 g/mol. The predicted molar refractivity (Wildman–Crippen MR) is 72.7 cm³/mol. The maximum absolute atomic E-state index is 7.55. The van der Waals surface area contributed by atoms with Crippen LogP contribution in [0, 0.1) is 5.41 Å². The molecule has 1 aromatic carbocycles. The molecule has 0 saturated heterocycles. The summed E-state index contributed by atoms with van der Waals surface area (Å²) in [6, 6.07) is 10.2. The van der Waals surface area contributed by atoms with Crippen molar-refractivity contribution >= 4 is 5.84 Å². The fourth-order valence-corrected chi connectivity index (χ4v) is 2.16. The largest absolute Gasteiger partial charge is 0.388 e. The van der Waals surface area contributed by atoms with Crippen molar-refractivity contribution in [3.8, 4) is 0 Å². The van der Waals surface area contributed by atoms with Gasteiger partial charge in [0, 0.05) is 25.2 Å². The van der Waals surface area contributed by atoms with Gasteiger partial charge in [-0.2, -0.15) is 0 Å². The highest BCUT2D eigenvalue weighted by atomic mass is 15.1. The highest BCUT2D eigenvalue weighted by molar-refractivity contribution is 5.77. The fourth-order valence-electron chi connectivity index (χ4n) is 2.16. The van der Waals surface area contributed by atoms with Crippen molar-refractivity contribution < 1.29 is 0 Å². The van der Waals surface area contributed by atoms with E-state index >= 15 is 0 Å². The van der Waals surface area contributed by atoms with Gasteiger partial charge in [0.1, 0.15) is 5.82 Å². The summed E-state index contributed by atoms with van der Waals surface area (Å²) < 4.78 is 2.11. The van der Waals surface area contributed by atoms with E-state index in [1.165, 1.54) is 0 Å². The van der Waals surface area contributed by atoms with Gasteiger partial charge in [0.15, 0.2) is 0 Å². The Balaban J connectivity index is 2.40. The molecule has 0 bridgehead atoms. The smallest absolute Gasteiger partial charge is 0.108 e. The summed E-state index contributed by atoms with van der Waals surface area (Å²) in [5.74, 6) is 1.21. The van der Waals surface area contributed by atoms with E-state index < -0.39 is 0 Å². The summed E-state index contributed by atoms with van der Waals surface area (Å²) >= 11 is 0. The summed E-state index contributed by atoms with van der Waals surface area (Å²) in [6.07, 6.45) is 5.13. The first-order valence-corrected chi connectivity index (χ1v) is 6.12. The Bertz CT molecular complexity index is 516. The van der Waals surface area contributed by atoms with Gasteiger partial charge in [0.2, 0.25) is 0 Å². The average molecular weight is 242 g/mol. The Morgan fingerprint density at radius 2 is 2.11 bits per heavy atom. The average Bonchev–Trinajstić information content (AvgIpc) is 2.85. The molecule has 1 aromatic heterocycles. The Morgan fingerprint density at radius 1 is 1.39 bits per heavy atom. The Labute approximate surface area is 107 Å². The molecule has 2 aromatic rings. The van der Waals surface area contributed by atoms with Crippen molar-refractivity contribution in [3.05, 3.63) is 54.1 Å². The number of nitrogens with zero attached hydrogens (tertiary/aromatic N) is 2. The molecule has 0 radical (unpaired) electrons. The molecule has 0 amide bonds. The second-order valence-corrected chi connectivity index (χ2v) is 4.26. The van der Waals surface area contributed by atoms with Crippen LogP contribution in [-0.2, 0) is 6.42 Å². The van der Waals surface area contributed by atoms with Crippen LogP contribution < -0.4 is 5.73 Å². The van der Waals surface area contributed by atoms with E-state index in [1.807, 2.05) is 24.4 Å². The fraction of sp³-hybridized carbons (Fsp3) is 0.286. The van der Waals surface area contributed by atoms with E-state index in [1.54, 1.807) is 6.20 Å². The van der Waals surface area contributed by atoms with Crippen molar-refractivity contribution in [1.29, 1.82) is 5.41 Å². The first-order valence-electron chi connectivity index (χ1n) is 6.12. The Hall–Kier alpha value is -2.10. The SMILES string of the molecule is CCc1nccn1C(CC(=N)N)c1ccccc1. The van der Waals surface area contributed by atoms with E-state index in [0.29, 0.717) is 6.42 Å². The van der Waals surface area contributed by atoms with Crippen LogP contribution in [0.15, 0.2) is 42.7 Å². The Kier molecular flexibility index (Phi) is 3.77. The third-order valence-corrected chi connectivity index (χ3v) is 3.00.